The summed E-state index contributed by atoms with van der Waals surface area (Å²) in [5.74, 6) is 0.863. The van der Waals surface area contributed by atoms with Crippen molar-refractivity contribution in [3.8, 4) is 0 Å². The van der Waals surface area contributed by atoms with Crippen molar-refractivity contribution in [3.63, 3.8) is 0 Å². The Morgan fingerprint density at radius 1 is 0.778 bits per heavy atom. The molecule has 1 amide bonds. The van der Waals surface area contributed by atoms with E-state index in [1.54, 1.807) is 0 Å². The molecule has 2 aliphatic heterocycles. The van der Waals surface area contributed by atoms with Crippen molar-refractivity contribution in [2.45, 2.75) is 19.4 Å². The van der Waals surface area contributed by atoms with E-state index in [1.165, 1.54) is 22.4 Å². The van der Waals surface area contributed by atoms with Gasteiger partial charge in [0.05, 0.1) is 0 Å². The van der Waals surface area contributed by atoms with Crippen LogP contribution in [0.4, 0.5) is 11.5 Å². The molecule has 0 radical (unpaired) electrons. The van der Waals surface area contributed by atoms with Crippen molar-refractivity contribution in [2.75, 3.05) is 18.0 Å². The van der Waals surface area contributed by atoms with Gasteiger partial charge in [-0.1, -0.05) is 48.5 Å². The lowest BCUT2D eigenvalue weighted by Gasteiger charge is -2.29. The van der Waals surface area contributed by atoms with Gasteiger partial charge in [0.2, 0.25) is 0 Å². The summed E-state index contributed by atoms with van der Waals surface area (Å²) in [5.41, 5.74) is 5.64. The number of fused-ring (bicyclic) bond motifs is 2. The van der Waals surface area contributed by atoms with Gasteiger partial charge in [-0.05, 0) is 47.7 Å². The minimum absolute atomic E-state index is 0.0128. The fourth-order valence-corrected chi connectivity index (χ4v) is 4.10. The van der Waals surface area contributed by atoms with Gasteiger partial charge in [-0.2, -0.15) is 0 Å². The number of para-hydroxylation sites is 1. The van der Waals surface area contributed by atoms with E-state index in [9.17, 15) is 4.79 Å². The monoisotopic (exact) mass is 355 g/mol. The molecule has 5 rings (SSSR count). The number of amides is 1. The van der Waals surface area contributed by atoms with Gasteiger partial charge >= 0.3 is 0 Å². The molecule has 0 atom stereocenters. The van der Waals surface area contributed by atoms with E-state index in [0.29, 0.717) is 12.2 Å². The molecular formula is C23H21N3O. The van der Waals surface area contributed by atoms with E-state index in [1.807, 2.05) is 29.2 Å². The molecule has 0 N–H and O–H groups in total. The van der Waals surface area contributed by atoms with Crippen molar-refractivity contribution in [1.29, 1.82) is 0 Å². The van der Waals surface area contributed by atoms with E-state index >= 15 is 0 Å². The second-order valence-electron chi connectivity index (χ2n) is 7.16. The zero-order valence-corrected chi connectivity index (χ0v) is 15.1. The summed E-state index contributed by atoms with van der Waals surface area (Å²) < 4.78 is 0. The molecule has 1 aromatic heterocycles. The number of rotatable bonds is 2. The predicted molar refractivity (Wildman–Crippen MR) is 106 cm³/mol. The maximum atomic E-state index is 13.1. The van der Waals surface area contributed by atoms with Gasteiger partial charge in [-0.15, -0.1) is 0 Å². The Morgan fingerprint density at radius 3 is 2.41 bits per heavy atom. The number of nitrogens with zero attached hydrogens (tertiary/aromatic N) is 3. The fraction of sp³-hybridized carbons (Fsp3) is 0.217. The number of pyridine rings is 1. The zero-order chi connectivity index (χ0) is 18.2. The molecule has 0 aliphatic carbocycles. The molecule has 0 bridgehead atoms. The molecule has 2 aromatic carbocycles. The van der Waals surface area contributed by atoms with Gasteiger partial charge in [0.25, 0.3) is 5.91 Å². The SMILES string of the molecule is O=C(c1cccc(N2CCc3ccccc32)n1)N1CCc2ccccc2C1. The number of aromatic nitrogens is 1. The summed E-state index contributed by atoms with van der Waals surface area (Å²) in [6.07, 6.45) is 1.92. The Kier molecular flexibility index (Phi) is 3.89. The van der Waals surface area contributed by atoms with Crippen LogP contribution in [0.25, 0.3) is 0 Å². The number of hydrogen-bond donors (Lipinski definition) is 0. The van der Waals surface area contributed by atoms with Crippen LogP contribution in [0.1, 0.15) is 27.2 Å². The predicted octanol–water partition coefficient (Wildman–Crippen LogP) is 3.97. The van der Waals surface area contributed by atoms with Crippen LogP contribution in [0.15, 0.2) is 66.7 Å². The zero-order valence-electron chi connectivity index (χ0n) is 15.1. The number of anilines is 2. The second-order valence-corrected chi connectivity index (χ2v) is 7.16. The van der Waals surface area contributed by atoms with Crippen molar-refractivity contribution >= 4 is 17.4 Å². The smallest absolute Gasteiger partial charge is 0.272 e. The first-order valence-corrected chi connectivity index (χ1v) is 9.48. The molecule has 0 unspecified atom stereocenters. The topological polar surface area (TPSA) is 36.4 Å². The second kappa shape index (κ2) is 6.54. The molecule has 4 nitrogen and oxygen atoms in total. The minimum atomic E-state index is 0.0128. The lowest BCUT2D eigenvalue weighted by Crippen LogP contribution is -2.36. The highest BCUT2D eigenvalue weighted by Gasteiger charge is 2.25. The van der Waals surface area contributed by atoms with E-state index in [4.69, 9.17) is 4.98 Å². The lowest BCUT2D eigenvalue weighted by atomic mass is 10.00. The fourth-order valence-electron chi connectivity index (χ4n) is 4.10. The molecule has 0 fully saturated rings. The summed E-state index contributed by atoms with van der Waals surface area (Å²) in [6.45, 7) is 2.31. The number of hydrogen-bond acceptors (Lipinski definition) is 3. The van der Waals surface area contributed by atoms with Gasteiger partial charge in [0.15, 0.2) is 0 Å². The molecule has 3 heterocycles. The van der Waals surface area contributed by atoms with E-state index in [-0.39, 0.29) is 5.91 Å². The molecule has 0 saturated heterocycles. The standard InChI is InChI=1S/C23H21N3O/c27-23(25-14-12-17-6-1-2-8-19(17)16-25)20-9-5-11-22(24-20)26-15-13-18-7-3-4-10-21(18)26/h1-11H,12-16H2. The van der Waals surface area contributed by atoms with Crippen molar-refractivity contribution < 1.29 is 4.79 Å². The van der Waals surface area contributed by atoms with Crippen LogP contribution in [0.3, 0.4) is 0 Å². The lowest BCUT2D eigenvalue weighted by molar-refractivity contribution is 0.0729. The molecule has 27 heavy (non-hydrogen) atoms. The maximum absolute atomic E-state index is 13.1. The Bertz CT molecular complexity index is 1010. The van der Waals surface area contributed by atoms with Crippen LogP contribution >= 0.6 is 0 Å². The maximum Gasteiger partial charge on any atom is 0.272 e. The third-order valence-electron chi connectivity index (χ3n) is 5.54. The van der Waals surface area contributed by atoms with Crippen molar-refractivity contribution in [2.24, 2.45) is 0 Å². The summed E-state index contributed by atoms with van der Waals surface area (Å²) in [4.78, 5) is 21.9. The summed E-state index contributed by atoms with van der Waals surface area (Å²) >= 11 is 0. The van der Waals surface area contributed by atoms with Gasteiger partial charge in [-0.25, -0.2) is 4.98 Å². The molecular weight excluding hydrogens is 334 g/mol. The molecule has 0 spiro atoms. The minimum Gasteiger partial charge on any atom is -0.333 e. The van der Waals surface area contributed by atoms with Crippen LogP contribution in [-0.4, -0.2) is 28.9 Å². The average molecular weight is 355 g/mol. The number of benzene rings is 2. The summed E-state index contributed by atoms with van der Waals surface area (Å²) in [5, 5.41) is 0. The highest BCUT2D eigenvalue weighted by molar-refractivity contribution is 5.93. The average Bonchev–Trinajstić information content (AvgIpc) is 3.17. The number of carbonyl (C=O) groups excluding carboxylic acids is 1. The quantitative estimate of drug-likeness (QED) is 0.698. The first-order valence-electron chi connectivity index (χ1n) is 9.48. The molecule has 4 heteroatoms. The van der Waals surface area contributed by atoms with Crippen LogP contribution in [0.2, 0.25) is 0 Å². The van der Waals surface area contributed by atoms with Gasteiger partial charge in [-0.3, -0.25) is 4.79 Å². The van der Waals surface area contributed by atoms with Crippen molar-refractivity contribution in [3.05, 3.63) is 89.1 Å². The number of carbonyl (C=O) groups is 1. The highest BCUT2D eigenvalue weighted by Crippen LogP contribution is 2.33. The normalized spacial score (nSPS) is 15.4. The third kappa shape index (κ3) is 2.87. The Morgan fingerprint density at radius 2 is 1.52 bits per heavy atom. The Balaban J connectivity index is 1.41. The Labute approximate surface area is 159 Å². The third-order valence-corrected chi connectivity index (χ3v) is 5.54. The van der Waals surface area contributed by atoms with E-state index in [0.717, 1.165) is 31.7 Å². The first kappa shape index (κ1) is 16.1. The molecule has 0 saturated carbocycles. The van der Waals surface area contributed by atoms with Crippen molar-refractivity contribution in [1.82, 2.24) is 9.88 Å². The van der Waals surface area contributed by atoms with E-state index < -0.39 is 0 Å². The van der Waals surface area contributed by atoms with Gasteiger partial charge in [0.1, 0.15) is 11.5 Å². The van der Waals surface area contributed by atoms with Crippen LogP contribution in [0.5, 0.6) is 0 Å². The Hall–Kier alpha value is -3.14. The largest absolute Gasteiger partial charge is 0.333 e. The highest BCUT2D eigenvalue weighted by atomic mass is 16.2. The van der Waals surface area contributed by atoms with Crippen LogP contribution in [-0.2, 0) is 19.4 Å². The molecule has 3 aromatic rings. The van der Waals surface area contributed by atoms with E-state index in [2.05, 4.69) is 47.4 Å². The molecule has 2 aliphatic rings. The van der Waals surface area contributed by atoms with Gasteiger partial charge < -0.3 is 9.80 Å². The van der Waals surface area contributed by atoms with Crippen LogP contribution < -0.4 is 4.90 Å². The molecule has 134 valence electrons. The van der Waals surface area contributed by atoms with Crippen LogP contribution in [0, 0.1) is 0 Å². The first-order chi connectivity index (χ1) is 13.3. The van der Waals surface area contributed by atoms with Gasteiger partial charge in [0, 0.05) is 25.3 Å². The summed E-state index contributed by atoms with van der Waals surface area (Å²) in [6, 6.07) is 22.5. The summed E-state index contributed by atoms with van der Waals surface area (Å²) in [7, 11) is 0.